The normalized spacial score (nSPS) is 24.3. The van der Waals surface area contributed by atoms with Crippen molar-refractivity contribution in [3.63, 3.8) is 0 Å². The fraction of sp³-hybridized carbons (Fsp3) is 0.846. The average molecular weight is 541 g/mol. The van der Waals surface area contributed by atoms with Gasteiger partial charge in [-0.3, -0.25) is 19.9 Å². The van der Waals surface area contributed by atoms with Gasteiger partial charge in [-0.2, -0.15) is 0 Å². The van der Waals surface area contributed by atoms with E-state index in [1.807, 2.05) is 13.8 Å². The number of nitrogens with zero attached hydrogens (tertiary/aromatic N) is 1. The summed E-state index contributed by atoms with van der Waals surface area (Å²) in [6.45, 7) is 10.8. The van der Waals surface area contributed by atoms with Crippen LogP contribution in [0.4, 0.5) is 9.59 Å². The molecule has 1 saturated heterocycles. The second-order valence-electron chi connectivity index (χ2n) is 11.1. The fourth-order valence-corrected chi connectivity index (χ4v) is 4.89. The summed E-state index contributed by atoms with van der Waals surface area (Å²) in [6, 6.07) is -1.29. The minimum Gasteiger partial charge on any atom is -0.444 e. The number of carbonyl (C=O) groups excluding carboxylic acids is 4. The van der Waals surface area contributed by atoms with Crippen LogP contribution in [0.2, 0.25) is 0 Å². The predicted molar refractivity (Wildman–Crippen MR) is 143 cm³/mol. The maximum atomic E-state index is 13.1. The Bertz CT molecular complexity index is 796. The molecule has 2 aliphatic rings. The Hall–Kier alpha value is -2.60. The van der Waals surface area contributed by atoms with Crippen molar-refractivity contribution >= 4 is 23.9 Å². The molecule has 5 amide bonds. The van der Waals surface area contributed by atoms with E-state index in [1.165, 1.54) is 4.90 Å². The Balaban J connectivity index is 1.76. The van der Waals surface area contributed by atoms with Crippen molar-refractivity contribution in [3.05, 3.63) is 0 Å². The number of ether oxygens (including phenoxy) is 2. The molecule has 2 fully saturated rings. The molecule has 0 aromatic heterocycles. The molecule has 1 aliphatic heterocycles. The van der Waals surface area contributed by atoms with Crippen LogP contribution in [0.25, 0.3) is 0 Å². The van der Waals surface area contributed by atoms with E-state index in [9.17, 15) is 19.2 Å². The number of carbonyl (C=O) groups is 4. The first-order chi connectivity index (χ1) is 18.0. The molecule has 12 heteroatoms. The Kier molecular flexibility index (Phi) is 12.6. The first-order valence-electron chi connectivity index (χ1n) is 13.9. The van der Waals surface area contributed by atoms with Gasteiger partial charge in [-0.25, -0.2) is 15.0 Å². The number of hydrazine groups is 1. The molecule has 1 saturated carbocycles. The monoisotopic (exact) mass is 540 g/mol. The van der Waals surface area contributed by atoms with Crippen LogP contribution in [-0.4, -0.2) is 85.9 Å². The van der Waals surface area contributed by atoms with Gasteiger partial charge in [-0.15, -0.1) is 0 Å². The van der Waals surface area contributed by atoms with Crippen LogP contribution in [0.3, 0.4) is 0 Å². The standard InChI is InChI=1S/C26H48N6O6/c1-7-19(15-29-31-24(35)28-14-17-9-11-18(12-10-17)22(33)27-6)30-23(34)21-13-20(37-8-2)16-32(21)25(36)38-26(3,4)5/h17-21,29H,7-16H2,1-6H3,(H,27,33)(H,30,34)(H2,28,31,35)/t17?,18?,19-,20+,21-/m0/s1. The molecule has 0 unspecified atom stereocenters. The lowest BCUT2D eigenvalue weighted by molar-refractivity contribution is -0.126. The van der Waals surface area contributed by atoms with Gasteiger partial charge >= 0.3 is 12.1 Å². The number of urea groups is 1. The zero-order valence-corrected chi connectivity index (χ0v) is 23.9. The van der Waals surface area contributed by atoms with Gasteiger partial charge in [0.15, 0.2) is 0 Å². The smallest absolute Gasteiger partial charge is 0.411 e. The van der Waals surface area contributed by atoms with Crippen molar-refractivity contribution < 1.29 is 28.7 Å². The Labute approximate surface area is 226 Å². The molecule has 3 atom stereocenters. The molecule has 0 spiro atoms. The molecule has 2 rings (SSSR count). The molecule has 0 bridgehead atoms. The van der Waals surface area contributed by atoms with E-state index < -0.39 is 17.7 Å². The summed E-state index contributed by atoms with van der Waals surface area (Å²) in [4.78, 5) is 51.3. The van der Waals surface area contributed by atoms with Gasteiger partial charge in [-0.1, -0.05) is 6.92 Å². The first-order valence-corrected chi connectivity index (χ1v) is 13.9. The van der Waals surface area contributed by atoms with Crippen LogP contribution in [0.1, 0.15) is 73.1 Å². The van der Waals surface area contributed by atoms with Crippen LogP contribution < -0.4 is 26.8 Å². The highest BCUT2D eigenvalue weighted by Gasteiger charge is 2.42. The minimum atomic E-state index is -0.690. The summed E-state index contributed by atoms with van der Waals surface area (Å²) in [7, 11) is 1.66. The molecule has 1 heterocycles. The number of likely N-dealkylation sites (tertiary alicyclic amines) is 1. The SMILES string of the molecule is CCO[C@@H]1C[C@@H](C(=O)N[C@@H](CC)CNNC(=O)NCC2CCC(C(=O)NC)CC2)N(C(=O)OC(C)(C)C)C1. The van der Waals surface area contributed by atoms with E-state index >= 15 is 0 Å². The van der Waals surface area contributed by atoms with Crippen LogP contribution in [-0.2, 0) is 19.1 Å². The molecule has 38 heavy (non-hydrogen) atoms. The summed E-state index contributed by atoms with van der Waals surface area (Å²) in [5.74, 6) is 0.238. The third kappa shape index (κ3) is 10.3. The molecular weight excluding hydrogens is 492 g/mol. The van der Waals surface area contributed by atoms with Gasteiger partial charge in [0.05, 0.1) is 12.6 Å². The largest absolute Gasteiger partial charge is 0.444 e. The highest BCUT2D eigenvalue weighted by molar-refractivity contribution is 5.86. The molecule has 0 aromatic rings. The lowest BCUT2D eigenvalue weighted by Crippen LogP contribution is -2.54. The van der Waals surface area contributed by atoms with Gasteiger partial charge < -0.3 is 25.4 Å². The van der Waals surface area contributed by atoms with Gasteiger partial charge in [-0.05, 0) is 65.7 Å². The quantitative estimate of drug-likeness (QED) is 0.250. The minimum absolute atomic E-state index is 0.0680. The van der Waals surface area contributed by atoms with Crippen molar-refractivity contribution in [2.24, 2.45) is 11.8 Å². The second kappa shape index (κ2) is 15.1. The Morgan fingerprint density at radius 2 is 1.71 bits per heavy atom. The van der Waals surface area contributed by atoms with E-state index in [0.717, 1.165) is 25.7 Å². The maximum absolute atomic E-state index is 13.1. The van der Waals surface area contributed by atoms with E-state index in [-0.39, 0.29) is 35.9 Å². The van der Waals surface area contributed by atoms with Crippen molar-refractivity contribution in [2.45, 2.75) is 96.9 Å². The average Bonchev–Trinajstić information content (AvgIpc) is 3.30. The number of rotatable bonds is 11. The van der Waals surface area contributed by atoms with Gasteiger partial charge in [0.25, 0.3) is 0 Å². The molecular formula is C26H48N6O6. The van der Waals surface area contributed by atoms with Crippen LogP contribution in [0.15, 0.2) is 0 Å². The third-order valence-electron chi connectivity index (χ3n) is 7.00. The summed E-state index contributed by atoms with van der Waals surface area (Å²) < 4.78 is 11.2. The number of amides is 5. The van der Waals surface area contributed by atoms with Crippen molar-refractivity contribution in [1.82, 2.24) is 31.7 Å². The zero-order valence-electron chi connectivity index (χ0n) is 23.9. The second-order valence-corrected chi connectivity index (χ2v) is 11.1. The lowest BCUT2D eigenvalue weighted by atomic mass is 9.81. The molecule has 218 valence electrons. The van der Waals surface area contributed by atoms with Crippen molar-refractivity contribution in [3.8, 4) is 0 Å². The fourth-order valence-electron chi connectivity index (χ4n) is 4.89. The lowest BCUT2D eigenvalue weighted by Gasteiger charge is -2.29. The van der Waals surface area contributed by atoms with Crippen molar-refractivity contribution in [1.29, 1.82) is 0 Å². The molecule has 0 aromatic carbocycles. The van der Waals surface area contributed by atoms with E-state index in [4.69, 9.17) is 9.47 Å². The van der Waals surface area contributed by atoms with E-state index in [1.54, 1.807) is 27.8 Å². The van der Waals surface area contributed by atoms with Crippen molar-refractivity contribution in [2.75, 3.05) is 33.3 Å². The van der Waals surface area contributed by atoms with E-state index in [2.05, 4.69) is 26.8 Å². The Morgan fingerprint density at radius 1 is 1.03 bits per heavy atom. The molecule has 1 aliphatic carbocycles. The van der Waals surface area contributed by atoms with Gasteiger partial charge in [0, 0.05) is 45.1 Å². The Morgan fingerprint density at radius 3 is 2.29 bits per heavy atom. The van der Waals surface area contributed by atoms with Crippen LogP contribution >= 0.6 is 0 Å². The number of nitrogens with one attached hydrogen (secondary N) is 5. The van der Waals surface area contributed by atoms with Gasteiger partial charge in [0.2, 0.25) is 11.8 Å². The zero-order chi connectivity index (χ0) is 28.3. The molecule has 5 N–H and O–H groups in total. The third-order valence-corrected chi connectivity index (χ3v) is 7.00. The summed E-state index contributed by atoms with van der Waals surface area (Å²) in [5, 5.41) is 8.56. The molecule has 0 radical (unpaired) electrons. The number of hydrogen-bond donors (Lipinski definition) is 5. The van der Waals surface area contributed by atoms with E-state index in [0.29, 0.717) is 45.0 Å². The van der Waals surface area contributed by atoms with Crippen LogP contribution in [0, 0.1) is 11.8 Å². The predicted octanol–water partition coefficient (Wildman–Crippen LogP) is 1.65. The number of hydrogen-bond acceptors (Lipinski definition) is 7. The summed E-state index contributed by atoms with van der Waals surface area (Å²) in [6.07, 6.45) is 3.74. The van der Waals surface area contributed by atoms with Crippen LogP contribution in [0.5, 0.6) is 0 Å². The highest BCUT2D eigenvalue weighted by atomic mass is 16.6. The first kappa shape index (κ1) is 31.6. The maximum Gasteiger partial charge on any atom is 0.411 e. The topological polar surface area (TPSA) is 150 Å². The molecule has 12 nitrogen and oxygen atoms in total. The summed E-state index contributed by atoms with van der Waals surface area (Å²) in [5.41, 5.74) is 4.83. The summed E-state index contributed by atoms with van der Waals surface area (Å²) >= 11 is 0. The van der Waals surface area contributed by atoms with Gasteiger partial charge in [0.1, 0.15) is 11.6 Å². The highest BCUT2D eigenvalue weighted by Crippen LogP contribution is 2.28.